The number of aromatic nitrogens is 2. The quantitative estimate of drug-likeness (QED) is 0.857. The van der Waals surface area contributed by atoms with Crippen LogP contribution in [0.15, 0.2) is 9.27 Å². The standard InChI is InChI=1S/C11H13BrN2O2/c1-5-9(12)11(15)14-10(13-5)7-4-6-2-3-8(7)16-6/h6-8H,2-4H2,1H3,(H,13,14,15). The van der Waals surface area contributed by atoms with Crippen molar-refractivity contribution in [2.75, 3.05) is 0 Å². The highest BCUT2D eigenvalue weighted by molar-refractivity contribution is 9.10. The second kappa shape index (κ2) is 3.67. The normalized spacial score (nSPS) is 32.2. The van der Waals surface area contributed by atoms with Gasteiger partial charge in [0.05, 0.1) is 17.9 Å². The Morgan fingerprint density at radius 2 is 2.31 bits per heavy atom. The van der Waals surface area contributed by atoms with Crippen molar-refractivity contribution in [3.8, 4) is 0 Å². The monoisotopic (exact) mass is 284 g/mol. The molecule has 2 bridgehead atoms. The van der Waals surface area contributed by atoms with E-state index >= 15 is 0 Å². The lowest BCUT2D eigenvalue weighted by Crippen LogP contribution is -2.22. The number of hydrogen-bond donors (Lipinski definition) is 1. The van der Waals surface area contributed by atoms with Gasteiger partial charge >= 0.3 is 0 Å². The summed E-state index contributed by atoms with van der Waals surface area (Å²) in [4.78, 5) is 18.9. The van der Waals surface area contributed by atoms with Crippen molar-refractivity contribution >= 4 is 15.9 Å². The number of nitrogens with one attached hydrogen (secondary N) is 1. The molecule has 0 aliphatic carbocycles. The van der Waals surface area contributed by atoms with Gasteiger partial charge in [-0.3, -0.25) is 4.79 Å². The lowest BCUT2D eigenvalue weighted by Gasteiger charge is -2.17. The van der Waals surface area contributed by atoms with Gasteiger partial charge in [0.1, 0.15) is 10.3 Å². The number of fused-ring (bicyclic) bond motifs is 2. The lowest BCUT2D eigenvalue weighted by molar-refractivity contribution is 0.0998. The fourth-order valence-electron chi connectivity index (χ4n) is 2.69. The zero-order chi connectivity index (χ0) is 11.3. The van der Waals surface area contributed by atoms with Crippen molar-refractivity contribution < 1.29 is 4.74 Å². The van der Waals surface area contributed by atoms with Crippen molar-refractivity contribution in [3.05, 3.63) is 26.3 Å². The maximum absolute atomic E-state index is 11.6. The Morgan fingerprint density at radius 1 is 1.50 bits per heavy atom. The average Bonchev–Trinajstić information content (AvgIpc) is 2.86. The van der Waals surface area contributed by atoms with Crippen molar-refractivity contribution in [1.82, 2.24) is 9.97 Å². The van der Waals surface area contributed by atoms with Gasteiger partial charge in [0.2, 0.25) is 0 Å². The summed E-state index contributed by atoms with van der Waals surface area (Å²) >= 11 is 3.23. The molecule has 5 heteroatoms. The average molecular weight is 285 g/mol. The molecular formula is C11H13BrN2O2. The third kappa shape index (κ3) is 1.53. The molecule has 3 rings (SSSR count). The topological polar surface area (TPSA) is 55.0 Å². The number of halogens is 1. The lowest BCUT2D eigenvalue weighted by atomic mass is 9.88. The zero-order valence-corrected chi connectivity index (χ0v) is 10.6. The maximum Gasteiger partial charge on any atom is 0.265 e. The van der Waals surface area contributed by atoms with Gasteiger partial charge in [-0.1, -0.05) is 0 Å². The molecule has 1 N–H and O–H groups in total. The van der Waals surface area contributed by atoms with Crippen LogP contribution < -0.4 is 5.56 Å². The Morgan fingerprint density at radius 3 is 2.88 bits per heavy atom. The molecule has 3 unspecified atom stereocenters. The number of H-pyrrole nitrogens is 1. The number of hydrogen-bond acceptors (Lipinski definition) is 3. The first-order chi connectivity index (χ1) is 7.65. The second-order valence-corrected chi connectivity index (χ2v) is 5.36. The minimum Gasteiger partial charge on any atom is -0.374 e. The molecule has 2 aliphatic heterocycles. The van der Waals surface area contributed by atoms with E-state index in [2.05, 4.69) is 25.9 Å². The van der Waals surface area contributed by atoms with Gasteiger partial charge in [-0.15, -0.1) is 0 Å². The Labute approximate surface area is 102 Å². The summed E-state index contributed by atoms with van der Waals surface area (Å²) in [5, 5.41) is 0. The highest BCUT2D eigenvalue weighted by Crippen LogP contribution is 2.43. The van der Waals surface area contributed by atoms with Crippen LogP contribution in [0.25, 0.3) is 0 Å². The minimum atomic E-state index is -0.0923. The summed E-state index contributed by atoms with van der Waals surface area (Å²) in [6.07, 6.45) is 3.88. The largest absolute Gasteiger partial charge is 0.374 e. The van der Waals surface area contributed by atoms with E-state index < -0.39 is 0 Å². The highest BCUT2D eigenvalue weighted by Gasteiger charge is 2.42. The van der Waals surface area contributed by atoms with Crippen molar-refractivity contribution in [2.45, 2.75) is 44.3 Å². The van der Waals surface area contributed by atoms with Crippen LogP contribution in [0.4, 0.5) is 0 Å². The van der Waals surface area contributed by atoms with Gasteiger partial charge in [-0.25, -0.2) is 4.98 Å². The van der Waals surface area contributed by atoms with Gasteiger partial charge in [0.25, 0.3) is 5.56 Å². The Kier molecular flexibility index (Phi) is 2.40. The third-order valence-corrected chi connectivity index (χ3v) is 4.44. The van der Waals surface area contributed by atoms with Crippen LogP contribution in [-0.2, 0) is 4.74 Å². The molecule has 86 valence electrons. The second-order valence-electron chi connectivity index (χ2n) is 4.57. The number of nitrogens with zero attached hydrogens (tertiary/aromatic N) is 1. The molecule has 16 heavy (non-hydrogen) atoms. The molecule has 1 aromatic rings. The molecule has 3 atom stereocenters. The molecule has 0 aromatic carbocycles. The van der Waals surface area contributed by atoms with Gasteiger partial charge in [0.15, 0.2) is 0 Å². The predicted octanol–water partition coefficient (Wildman–Crippen LogP) is 1.88. The van der Waals surface area contributed by atoms with E-state index in [1.54, 1.807) is 0 Å². The van der Waals surface area contributed by atoms with Crippen LogP contribution in [0.3, 0.4) is 0 Å². The van der Waals surface area contributed by atoms with E-state index in [0.29, 0.717) is 10.6 Å². The zero-order valence-electron chi connectivity index (χ0n) is 9.00. The van der Waals surface area contributed by atoms with Crippen LogP contribution in [0.2, 0.25) is 0 Å². The van der Waals surface area contributed by atoms with E-state index in [4.69, 9.17) is 4.74 Å². The van der Waals surface area contributed by atoms with Crippen LogP contribution >= 0.6 is 15.9 Å². The van der Waals surface area contributed by atoms with Crippen LogP contribution in [0, 0.1) is 6.92 Å². The summed E-state index contributed by atoms with van der Waals surface area (Å²) in [6, 6.07) is 0. The van der Waals surface area contributed by atoms with Gasteiger partial charge in [-0.2, -0.15) is 0 Å². The molecule has 0 radical (unpaired) electrons. The Bertz CT molecular complexity index is 485. The first-order valence-electron chi connectivity index (χ1n) is 5.57. The van der Waals surface area contributed by atoms with Crippen LogP contribution in [0.5, 0.6) is 0 Å². The number of rotatable bonds is 1. The van der Waals surface area contributed by atoms with Crippen LogP contribution in [0.1, 0.15) is 36.7 Å². The molecule has 1 aromatic heterocycles. The first-order valence-corrected chi connectivity index (χ1v) is 6.36. The Balaban J connectivity index is 1.99. The number of ether oxygens (including phenoxy) is 1. The maximum atomic E-state index is 11.6. The van der Waals surface area contributed by atoms with Crippen molar-refractivity contribution in [2.24, 2.45) is 0 Å². The minimum absolute atomic E-state index is 0.0923. The SMILES string of the molecule is Cc1nc(C2CC3CCC2O3)[nH]c(=O)c1Br. The van der Waals surface area contributed by atoms with E-state index in [0.717, 1.165) is 30.8 Å². The summed E-state index contributed by atoms with van der Waals surface area (Å²) in [7, 11) is 0. The predicted molar refractivity (Wildman–Crippen MR) is 62.5 cm³/mol. The molecule has 0 saturated carbocycles. The Hall–Kier alpha value is -0.680. The van der Waals surface area contributed by atoms with Gasteiger partial charge in [0, 0.05) is 5.92 Å². The third-order valence-electron chi connectivity index (χ3n) is 3.50. The van der Waals surface area contributed by atoms with Crippen molar-refractivity contribution in [3.63, 3.8) is 0 Å². The first kappa shape index (κ1) is 10.5. The molecule has 2 fully saturated rings. The summed E-state index contributed by atoms with van der Waals surface area (Å²) in [5.74, 6) is 1.07. The van der Waals surface area contributed by atoms with Crippen LogP contribution in [-0.4, -0.2) is 22.2 Å². The molecule has 0 spiro atoms. The summed E-state index contributed by atoms with van der Waals surface area (Å²) < 4.78 is 6.30. The van der Waals surface area contributed by atoms with Gasteiger partial charge < -0.3 is 9.72 Å². The van der Waals surface area contributed by atoms with E-state index in [1.165, 1.54) is 0 Å². The van der Waals surface area contributed by atoms with E-state index in [1.807, 2.05) is 6.92 Å². The number of aryl methyl sites for hydroxylation is 1. The molecule has 2 aliphatic rings. The highest BCUT2D eigenvalue weighted by atomic mass is 79.9. The van der Waals surface area contributed by atoms with E-state index in [-0.39, 0.29) is 17.6 Å². The van der Waals surface area contributed by atoms with Crippen molar-refractivity contribution in [1.29, 1.82) is 0 Å². The van der Waals surface area contributed by atoms with E-state index in [9.17, 15) is 4.79 Å². The molecular weight excluding hydrogens is 272 g/mol. The fraction of sp³-hybridized carbons (Fsp3) is 0.636. The molecule has 2 saturated heterocycles. The summed E-state index contributed by atoms with van der Waals surface area (Å²) in [6.45, 7) is 1.84. The number of aromatic amines is 1. The fourth-order valence-corrected chi connectivity index (χ4v) is 2.88. The molecule has 3 heterocycles. The molecule has 0 amide bonds. The van der Waals surface area contributed by atoms with Gasteiger partial charge in [-0.05, 0) is 42.1 Å². The molecule has 4 nitrogen and oxygen atoms in total. The summed E-state index contributed by atoms with van der Waals surface area (Å²) in [5.41, 5.74) is 0.659. The smallest absolute Gasteiger partial charge is 0.265 e.